The number of hydrogen-bond donors (Lipinski definition) is 1. The van der Waals surface area contributed by atoms with E-state index in [2.05, 4.69) is 22.9 Å². The highest BCUT2D eigenvalue weighted by molar-refractivity contribution is 9.10. The maximum absolute atomic E-state index is 12.5. The molecule has 1 amide bonds. The predicted molar refractivity (Wildman–Crippen MR) is 81.4 cm³/mol. The quantitative estimate of drug-likeness (QED) is 0.894. The molecule has 0 spiro atoms. The molecule has 2 unspecified atom stereocenters. The summed E-state index contributed by atoms with van der Waals surface area (Å²) in [6.45, 7) is 3.58. The Morgan fingerprint density at radius 2 is 2.26 bits per heavy atom. The lowest BCUT2D eigenvalue weighted by Gasteiger charge is -2.36. The van der Waals surface area contributed by atoms with Gasteiger partial charge in [0.05, 0.1) is 0 Å². The fraction of sp³-hybridized carbons (Fsp3) is 0.500. The van der Waals surface area contributed by atoms with Crippen molar-refractivity contribution >= 4 is 33.4 Å². The first kappa shape index (κ1) is 14.8. The fourth-order valence-electron chi connectivity index (χ4n) is 2.53. The monoisotopic (exact) mass is 344 g/mol. The molecule has 3 nitrogen and oxygen atoms in total. The van der Waals surface area contributed by atoms with Crippen LogP contribution in [0, 0.1) is 5.92 Å². The van der Waals surface area contributed by atoms with Crippen molar-refractivity contribution in [2.75, 3.05) is 13.1 Å². The lowest BCUT2D eigenvalue weighted by atomic mass is 9.90. The summed E-state index contributed by atoms with van der Waals surface area (Å²) in [6, 6.07) is 5.51. The minimum atomic E-state index is 0.0357. The van der Waals surface area contributed by atoms with Crippen LogP contribution in [0.15, 0.2) is 22.7 Å². The number of piperidine rings is 1. The van der Waals surface area contributed by atoms with Crippen molar-refractivity contribution in [3.05, 3.63) is 33.3 Å². The van der Waals surface area contributed by atoms with Gasteiger partial charge >= 0.3 is 0 Å². The minimum absolute atomic E-state index is 0.0357. The van der Waals surface area contributed by atoms with Crippen LogP contribution in [0.4, 0.5) is 0 Å². The number of carbonyl (C=O) groups is 1. The predicted octanol–water partition coefficient (Wildman–Crippen LogP) is 3.30. The highest BCUT2D eigenvalue weighted by Crippen LogP contribution is 2.24. The molecule has 1 saturated heterocycles. The third-order valence-electron chi connectivity index (χ3n) is 3.71. The summed E-state index contributed by atoms with van der Waals surface area (Å²) in [7, 11) is 0. The zero-order chi connectivity index (χ0) is 14.0. The Morgan fingerprint density at radius 1 is 1.53 bits per heavy atom. The van der Waals surface area contributed by atoms with Crippen LogP contribution in [0.5, 0.6) is 0 Å². The van der Waals surface area contributed by atoms with Crippen molar-refractivity contribution in [2.45, 2.75) is 25.8 Å². The molecule has 1 fully saturated rings. The van der Waals surface area contributed by atoms with Gasteiger partial charge in [-0.3, -0.25) is 4.79 Å². The fourth-order valence-corrected chi connectivity index (χ4v) is 3.39. The van der Waals surface area contributed by atoms with Crippen LogP contribution in [0.3, 0.4) is 0 Å². The molecular formula is C14H18BrClN2O. The average Bonchev–Trinajstić information content (AvgIpc) is 2.37. The molecule has 19 heavy (non-hydrogen) atoms. The zero-order valence-electron chi connectivity index (χ0n) is 10.9. The van der Waals surface area contributed by atoms with Crippen molar-refractivity contribution in [1.82, 2.24) is 4.90 Å². The molecule has 2 N–H and O–H groups in total. The van der Waals surface area contributed by atoms with Gasteiger partial charge in [-0.25, -0.2) is 0 Å². The van der Waals surface area contributed by atoms with Gasteiger partial charge < -0.3 is 10.6 Å². The molecule has 2 rings (SSSR count). The molecule has 0 aromatic heterocycles. The Hall–Kier alpha value is -0.580. The molecule has 5 heteroatoms. The molecule has 0 aliphatic carbocycles. The zero-order valence-corrected chi connectivity index (χ0v) is 13.2. The smallest absolute Gasteiger partial charge is 0.253 e. The first-order valence-corrected chi connectivity index (χ1v) is 7.69. The number of nitrogens with two attached hydrogens (primary N) is 1. The summed E-state index contributed by atoms with van der Waals surface area (Å²) in [6.07, 6.45) is 1.87. The van der Waals surface area contributed by atoms with Gasteiger partial charge in [0.1, 0.15) is 0 Å². The Bertz CT molecular complexity index is 460. The molecule has 1 aromatic rings. The van der Waals surface area contributed by atoms with E-state index in [0.717, 1.165) is 30.4 Å². The number of halogens is 2. The Labute approximate surface area is 127 Å². The summed E-state index contributed by atoms with van der Waals surface area (Å²) in [5.41, 5.74) is 6.70. The van der Waals surface area contributed by atoms with E-state index in [0.29, 0.717) is 16.5 Å². The van der Waals surface area contributed by atoms with Crippen molar-refractivity contribution in [1.29, 1.82) is 0 Å². The topological polar surface area (TPSA) is 46.3 Å². The Balaban J connectivity index is 2.15. The normalized spacial score (nSPS) is 23.5. The van der Waals surface area contributed by atoms with Crippen LogP contribution < -0.4 is 5.73 Å². The second kappa shape index (κ2) is 6.25. The van der Waals surface area contributed by atoms with E-state index in [1.165, 1.54) is 0 Å². The lowest BCUT2D eigenvalue weighted by Crippen LogP contribution is -2.49. The third-order valence-corrected chi connectivity index (χ3v) is 4.39. The second-order valence-electron chi connectivity index (χ2n) is 5.03. The molecular weight excluding hydrogens is 328 g/mol. The van der Waals surface area contributed by atoms with Gasteiger partial charge in [-0.2, -0.15) is 0 Å². The number of benzene rings is 1. The molecule has 0 saturated carbocycles. The van der Waals surface area contributed by atoms with E-state index < -0.39 is 0 Å². The van der Waals surface area contributed by atoms with E-state index in [4.69, 9.17) is 17.3 Å². The van der Waals surface area contributed by atoms with Gasteiger partial charge in [0.15, 0.2) is 0 Å². The highest BCUT2D eigenvalue weighted by atomic mass is 79.9. The maximum atomic E-state index is 12.5. The van der Waals surface area contributed by atoms with Crippen molar-refractivity contribution in [3.8, 4) is 0 Å². The molecule has 2 atom stereocenters. The molecule has 1 aliphatic heterocycles. The third kappa shape index (κ3) is 3.50. The molecule has 1 aromatic carbocycles. The van der Waals surface area contributed by atoms with Gasteiger partial charge in [-0.1, -0.05) is 40.9 Å². The van der Waals surface area contributed by atoms with E-state index in [-0.39, 0.29) is 11.9 Å². The van der Waals surface area contributed by atoms with Crippen molar-refractivity contribution < 1.29 is 4.79 Å². The van der Waals surface area contributed by atoms with E-state index in [9.17, 15) is 4.79 Å². The van der Waals surface area contributed by atoms with Crippen LogP contribution in [-0.4, -0.2) is 29.9 Å². The van der Waals surface area contributed by atoms with E-state index in [1.54, 1.807) is 12.1 Å². The van der Waals surface area contributed by atoms with Gasteiger partial charge in [-0.05, 0) is 30.5 Å². The van der Waals surface area contributed by atoms with Crippen molar-refractivity contribution in [2.24, 2.45) is 11.7 Å². The van der Waals surface area contributed by atoms with Crippen molar-refractivity contribution in [3.63, 3.8) is 0 Å². The van der Waals surface area contributed by atoms with Crippen LogP contribution in [0.2, 0.25) is 5.02 Å². The molecule has 104 valence electrons. The van der Waals surface area contributed by atoms with Crippen LogP contribution in [-0.2, 0) is 0 Å². The average molecular weight is 346 g/mol. The van der Waals surface area contributed by atoms with Gasteiger partial charge in [-0.15, -0.1) is 0 Å². The molecule has 1 heterocycles. The number of carbonyl (C=O) groups excluding carboxylic acids is 1. The second-order valence-corrected chi connectivity index (χ2v) is 6.38. The summed E-state index contributed by atoms with van der Waals surface area (Å²) in [5, 5.41) is 0.568. The van der Waals surface area contributed by atoms with Crippen LogP contribution >= 0.6 is 27.5 Å². The van der Waals surface area contributed by atoms with E-state index in [1.807, 2.05) is 11.0 Å². The van der Waals surface area contributed by atoms with Crippen LogP contribution in [0.25, 0.3) is 0 Å². The number of likely N-dealkylation sites (tertiary alicyclic amines) is 1. The maximum Gasteiger partial charge on any atom is 0.253 e. The number of amides is 1. The summed E-state index contributed by atoms with van der Waals surface area (Å²) >= 11 is 9.36. The minimum Gasteiger partial charge on any atom is -0.338 e. The first-order chi connectivity index (χ1) is 9.01. The van der Waals surface area contributed by atoms with Gasteiger partial charge in [0.25, 0.3) is 5.91 Å². The number of hydrogen-bond acceptors (Lipinski definition) is 2. The van der Waals surface area contributed by atoms with Gasteiger partial charge in [0, 0.05) is 34.2 Å². The number of rotatable bonds is 2. The standard InChI is InChI=1S/C14H18BrClN2O/c1-2-9-8-18(4-3-13(9)17)14(19)10-5-11(15)7-12(16)6-10/h5-7,9,13H,2-4,8,17H2,1H3. The largest absolute Gasteiger partial charge is 0.338 e. The summed E-state index contributed by atoms with van der Waals surface area (Å²) in [5.74, 6) is 0.425. The highest BCUT2D eigenvalue weighted by Gasteiger charge is 2.28. The molecule has 1 aliphatic rings. The van der Waals surface area contributed by atoms with E-state index >= 15 is 0 Å². The number of nitrogens with zero attached hydrogens (tertiary/aromatic N) is 1. The molecule has 0 radical (unpaired) electrons. The van der Waals surface area contributed by atoms with Crippen LogP contribution in [0.1, 0.15) is 30.1 Å². The Kier molecular flexibility index (Phi) is 4.87. The first-order valence-electron chi connectivity index (χ1n) is 6.52. The SMILES string of the molecule is CCC1CN(C(=O)c2cc(Cl)cc(Br)c2)CCC1N. The Morgan fingerprint density at radius 3 is 2.89 bits per heavy atom. The summed E-state index contributed by atoms with van der Waals surface area (Å²) in [4.78, 5) is 14.4. The lowest BCUT2D eigenvalue weighted by molar-refractivity contribution is 0.0649. The van der Waals surface area contributed by atoms with Gasteiger partial charge in [0.2, 0.25) is 0 Å². The molecule has 0 bridgehead atoms. The summed E-state index contributed by atoms with van der Waals surface area (Å²) < 4.78 is 0.823.